The Morgan fingerprint density at radius 3 is 2.57 bits per heavy atom. The van der Waals surface area contributed by atoms with Crippen molar-refractivity contribution in [3.63, 3.8) is 0 Å². The number of hydrogen-bond acceptors (Lipinski definition) is 2. The van der Waals surface area contributed by atoms with Gasteiger partial charge in [-0.05, 0) is 99.7 Å². The Morgan fingerprint density at radius 1 is 0.964 bits per heavy atom. The summed E-state index contributed by atoms with van der Waals surface area (Å²) in [5.41, 5.74) is 0.856. The molecule has 4 fully saturated rings. The van der Waals surface area contributed by atoms with Crippen molar-refractivity contribution in [2.24, 2.45) is 34.5 Å². The van der Waals surface area contributed by atoms with E-state index in [4.69, 9.17) is 4.74 Å². The molecule has 0 aromatic rings. The molecule has 0 amide bonds. The minimum Gasteiger partial charge on any atom is -0.393 e. The quantitative estimate of drug-likeness (QED) is 0.603. The molecule has 1 N–H and O–H groups in total. The SMILES string of the molecule is CCCC#CCC[C@]12CC[C@H]3[C@@H](CC[C@@H]4C[C@H](O)CC[C@@]43C)[C@@H]1CC[C@@H]2OC. The van der Waals surface area contributed by atoms with Crippen LogP contribution in [0.1, 0.15) is 97.3 Å². The Labute approximate surface area is 173 Å². The smallest absolute Gasteiger partial charge is 0.0630 e. The first-order valence-electron chi connectivity index (χ1n) is 12.2. The second kappa shape index (κ2) is 8.31. The first-order chi connectivity index (χ1) is 13.5. The molecule has 8 atom stereocenters. The normalized spacial score (nSPS) is 47.4. The van der Waals surface area contributed by atoms with E-state index in [9.17, 15) is 5.11 Å². The lowest BCUT2D eigenvalue weighted by atomic mass is 9.44. The standard InChI is InChI=1S/C26H42O2/c1-4-5-6-7-8-15-26-17-14-22-21(23(26)11-12-24(26)28-3)10-9-19-18-20(27)13-16-25(19,22)2/h19-24,27H,4-5,8-18H2,1-3H3/t19-,20-,21-,22+,23+,24+,25+,26+/m1/s1. The average Bonchev–Trinajstić information content (AvgIpc) is 3.07. The number of methoxy groups -OCH3 is 1. The third kappa shape index (κ3) is 3.35. The summed E-state index contributed by atoms with van der Waals surface area (Å²) in [5.74, 6) is 10.2. The second-order valence-electron chi connectivity index (χ2n) is 10.8. The summed E-state index contributed by atoms with van der Waals surface area (Å²) in [4.78, 5) is 0. The predicted molar refractivity (Wildman–Crippen MR) is 115 cm³/mol. The van der Waals surface area contributed by atoms with E-state index in [0.29, 0.717) is 16.9 Å². The van der Waals surface area contributed by atoms with E-state index < -0.39 is 0 Å². The Morgan fingerprint density at radius 2 is 1.79 bits per heavy atom. The lowest BCUT2D eigenvalue weighted by molar-refractivity contribution is -0.144. The maximum atomic E-state index is 10.2. The van der Waals surface area contributed by atoms with Crippen LogP contribution in [-0.4, -0.2) is 24.4 Å². The van der Waals surface area contributed by atoms with Gasteiger partial charge in [0.15, 0.2) is 0 Å². The van der Waals surface area contributed by atoms with Crippen LogP contribution in [0.25, 0.3) is 0 Å². The van der Waals surface area contributed by atoms with Gasteiger partial charge in [-0.1, -0.05) is 13.8 Å². The summed E-state index contributed by atoms with van der Waals surface area (Å²) < 4.78 is 6.11. The Bertz CT molecular complexity index is 603. The fourth-order valence-corrected chi connectivity index (χ4v) is 8.42. The van der Waals surface area contributed by atoms with Crippen LogP contribution >= 0.6 is 0 Å². The Kier molecular flexibility index (Phi) is 6.16. The minimum absolute atomic E-state index is 0.0386. The van der Waals surface area contributed by atoms with Crippen molar-refractivity contribution >= 4 is 0 Å². The van der Waals surface area contributed by atoms with E-state index >= 15 is 0 Å². The molecule has 158 valence electrons. The zero-order valence-corrected chi connectivity index (χ0v) is 18.5. The van der Waals surface area contributed by atoms with Gasteiger partial charge in [0.2, 0.25) is 0 Å². The first kappa shape index (κ1) is 20.7. The van der Waals surface area contributed by atoms with Gasteiger partial charge in [0, 0.05) is 25.4 Å². The van der Waals surface area contributed by atoms with E-state index in [1.54, 1.807) is 0 Å². The monoisotopic (exact) mass is 386 g/mol. The van der Waals surface area contributed by atoms with Gasteiger partial charge in [-0.15, -0.1) is 11.8 Å². The highest BCUT2D eigenvalue weighted by molar-refractivity contribution is 5.12. The third-order valence-electron chi connectivity index (χ3n) is 9.77. The molecule has 0 saturated heterocycles. The second-order valence-corrected chi connectivity index (χ2v) is 10.8. The van der Waals surface area contributed by atoms with Crippen molar-refractivity contribution in [3.8, 4) is 11.8 Å². The molecule has 0 aromatic carbocycles. The molecular weight excluding hydrogens is 344 g/mol. The highest BCUT2D eigenvalue weighted by atomic mass is 16.5. The topological polar surface area (TPSA) is 29.5 Å². The summed E-state index contributed by atoms with van der Waals surface area (Å²) in [6.07, 6.45) is 16.3. The van der Waals surface area contributed by atoms with Gasteiger partial charge in [-0.2, -0.15) is 0 Å². The van der Waals surface area contributed by atoms with Crippen LogP contribution in [0.3, 0.4) is 0 Å². The molecule has 28 heavy (non-hydrogen) atoms. The zero-order chi connectivity index (χ0) is 19.8. The van der Waals surface area contributed by atoms with Gasteiger partial charge in [-0.25, -0.2) is 0 Å². The number of rotatable bonds is 4. The predicted octanol–water partition coefficient (Wildman–Crippen LogP) is 5.97. The molecule has 0 radical (unpaired) electrons. The number of fused-ring (bicyclic) bond motifs is 5. The van der Waals surface area contributed by atoms with Gasteiger partial charge in [0.1, 0.15) is 0 Å². The number of unbranched alkanes of at least 4 members (excludes halogenated alkanes) is 1. The molecule has 2 nitrogen and oxygen atoms in total. The van der Waals surface area contributed by atoms with E-state index in [0.717, 1.165) is 49.4 Å². The number of aliphatic hydroxyl groups is 1. The zero-order valence-electron chi connectivity index (χ0n) is 18.5. The maximum absolute atomic E-state index is 10.2. The van der Waals surface area contributed by atoms with Crippen LogP contribution < -0.4 is 0 Å². The largest absolute Gasteiger partial charge is 0.393 e. The highest BCUT2D eigenvalue weighted by Crippen LogP contribution is 2.67. The molecule has 0 unspecified atom stereocenters. The van der Waals surface area contributed by atoms with Gasteiger partial charge >= 0.3 is 0 Å². The van der Waals surface area contributed by atoms with E-state index in [2.05, 4.69) is 25.7 Å². The summed E-state index contributed by atoms with van der Waals surface area (Å²) in [5, 5.41) is 10.2. The molecule has 0 heterocycles. The lowest BCUT2D eigenvalue weighted by Crippen LogP contribution is -2.55. The molecule has 0 bridgehead atoms. The molecule has 0 aromatic heterocycles. The molecular formula is C26H42O2. The molecule has 4 aliphatic carbocycles. The summed E-state index contributed by atoms with van der Waals surface area (Å²) >= 11 is 0. The maximum Gasteiger partial charge on any atom is 0.0630 e. The summed E-state index contributed by atoms with van der Waals surface area (Å²) in [7, 11) is 1.95. The first-order valence-corrected chi connectivity index (χ1v) is 12.2. The lowest BCUT2D eigenvalue weighted by Gasteiger charge is -2.61. The van der Waals surface area contributed by atoms with Gasteiger partial charge in [-0.3, -0.25) is 0 Å². The average molecular weight is 387 g/mol. The molecule has 4 rings (SSSR count). The van der Waals surface area contributed by atoms with E-state index in [1.807, 2.05) is 7.11 Å². The van der Waals surface area contributed by atoms with Crippen LogP contribution in [0.5, 0.6) is 0 Å². The third-order valence-corrected chi connectivity index (χ3v) is 9.77. The van der Waals surface area contributed by atoms with Crippen LogP contribution in [-0.2, 0) is 4.74 Å². The number of ether oxygens (including phenoxy) is 1. The molecule has 0 spiro atoms. The fourth-order valence-electron chi connectivity index (χ4n) is 8.42. The van der Waals surface area contributed by atoms with Crippen LogP contribution in [0.2, 0.25) is 0 Å². The molecule has 4 aliphatic rings. The Balaban J connectivity index is 1.54. The fraction of sp³-hybridized carbons (Fsp3) is 0.923. The van der Waals surface area contributed by atoms with Crippen molar-refractivity contribution in [3.05, 3.63) is 0 Å². The van der Waals surface area contributed by atoms with E-state index in [1.165, 1.54) is 57.8 Å². The van der Waals surface area contributed by atoms with Crippen molar-refractivity contribution in [2.45, 2.75) is 110 Å². The summed E-state index contributed by atoms with van der Waals surface area (Å²) in [6.45, 7) is 4.80. The van der Waals surface area contributed by atoms with Crippen molar-refractivity contribution in [1.29, 1.82) is 0 Å². The van der Waals surface area contributed by atoms with Gasteiger partial charge < -0.3 is 9.84 Å². The minimum atomic E-state index is -0.0386. The van der Waals surface area contributed by atoms with Crippen molar-refractivity contribution in [2.75, 3.05) is 7.11 Å². The van der Waals surface area contributed by atoms with Crippen LogP contribution in [0.15, 0.2) is 0 Å². The van der Waals surface area contributed by atoms with Gasteiger partial charge in [0.05, 0.1) is 12.2 Å². The summed E-state index contributed by atoms with van der Waals surface area (Å²) in [6, 6.07) is 0. The number of hydrogen-bond donors (Lipinski definition) is 1. The molecule has 2 heteroatoms. The van der Waals surface area contributed by atoms with E-state index in [-0.39, 0.29) is 6.10 Å². The highest BCUT2D eigenvalue weighted by Gasteiger charge is 2.61. The number of aliphatic hydroxyl groups excluding tert-OH is 1. The van der Waals surface area contributed by atoms with Crippen molar-refractivity contribution < 1.29 is 9.84 Å². The van der Waals surface area contributed by atoms with Crippen LogP contribution in [0.4, 0.5) is 0 Å². The Hall–Kier alpha value is -0.520. The van der Waals surface area contributed by atoms with Crippen molar-refractivity contribution in [1.82, 2.24) is 0 Å². The van der Waals surface area contributed by atoms with Gasteiger partial charge in [0.25, 0.3) is 0 Å². The molecule has 4 saturated carbocycles. The molecule has 0 aliphatic heterocycles. The van der Waals surface area contributed by atoms with Crippen LogP contribution in [0, 0.1) is 46.3 Å².